The molecule has 6 nitrogen and oxygen atoms in total. The molecule has 25 heavy (non-hydrogen) atoms. The molecule has 1 unspecified atom stereocenters. The Bertz CT molecular complexity index is 850. The van der Waals surface area contributed by atoms with Gasteiger partial charge in [0.15, 0.2) is 0 Å². The number of rotatable bonds is 3. The summed E-state index contributed by atoms with van der Waals surface area (Å²) in [6.07, 6.45) is 7.60. The molecule has 2 aromatic heterocycles. The fraction of sp³-hybridized carbons (Fsp3) is 0.316. The summed E-state index contributed by atoms with van der Waals surface area (Å²) in [6.45, 7) is 3.52. The summed E-state index contributed by atoms with van der Waals surface area (Å²) in [4.78, 5) is 14.8. The van der Waals surface area contributed by atoms with Crippen LogP contribution in [0.2, 0.25) is 0 Å². The first-order valence-corrected chi connectivity index (χ1v) is 8.62. The number of nitrogens with zero attached hydrogens (tertiary/aromatic N) is 5. The van der Waals surface area contributed by atoms with Gasteiger partial charge in [0.25, 0.3) is 5.91 Å². The smallest absolute Gasteiger partial charge is 0.253 e. The highest BCUT2D eigenvalue weighted by atomic mass is 16.2. The SMILES string of the molecule is Cc1ccnn1-c1ccc(C(=O)N2CCCC(n3cccn3)C2)cc1. The molecule has 1 aliphatic rings. The number of likely N-dealkylation sites (tertiary alicyclic amines) is 1. The van der Waals surface area contributed by atoms with Crippen LogP contribution in [0.1, 0.15) is 34.9 Å². The summed E-state index contributed by atoms with van der Waals surface area (Å²) in [5.74, 6) is 0.0839. The van der Waals surface area contributed by atoms with Gasteiger partial charge in [-0.15, -0.1) is 0 Å². The minimum Gasteiger partial charge on any atom is -0.337 e. The van der Waals surface area contributed by atoms with Crippen LogP contribution in [0.4, 0.5) is 0 Å². The number of aromatic nitrogens is 4. The van der Waals surface area contributed by atoms with E-state index in [2.05, 4.69) is 10.2 Å². The van der Waals surface area contributed by atoms with Gasteiger partial charge in [-0.2, -0.15) is 10.2 Å². The third-order valence-corrected chi connectivity index (χ3v) is 4.77. The number of carbonyl (C=O) groups excluding carboxylic acids is 1. The van der Waals surface area contributed by atoms with Gasteiger partial charge in [0.1, 0.15) is 0 Å². The molecule has 0 N–H and O–H groups in total. The van der Waals surface area contributed by atoms with Crippen molar-refractivity contribution in [3.8, 4) is 5.69 Å². The highest BCUT2D eigenvalue weighted by Gasteiger charge is 2.25. The first-order chi connectivity index (χ1) is 12.2. The Kier molecular flexibility index (Phi) is 4.09. The Morgan fingerprint density at radius 1 is 1.12 bits per heavy atom. The number of hydrogen-bond donors (Lipinski definition) is 0. The Hall–Kier alpha value is -2.89. The lowest BCUT2D eigenvalue weighted by Crippen LogP contribution is -2.40. The van der Waals surface area contributed by atoms with E-state index in [4.69, 9.17) is 0 Å². The van der Waals surface area contributed by atoms with Crippen molar-refractivity contribution >= 4 is 5.91 Å². The van der Waals surface area contributed by atoms with Gasteiger partial charge in [0, 0.05) is 42.9 Å². The molecule has 4 rings (SSSR count). The molecular formula is C19H21N5O. The van der Waals surface area contributed by atoms with Gasteiger partial charge in [0.2, 0.25) is 0 Å². The predicted molar refractivity (Wildman–Crippen MR) is 94.7 cm³/mol. The first kappa shape index (κ1) is 15.6. The zero-order valence-electron chi connectivity index (χ0n) is 14.2. The largest absolute Gasteiger partial charge is 0.337 e. The van der Waals surface area contributed by atoms with E-state index in [0.29, 0.717) is 6.54 Å². The van der Waals surface area contributed by atoms with E-state index in [-0.39, 0.29) is 11.9 Å². The Morgan fingerprint density at radius 2 is 1.96 bits per heavy atom. The van der Waals surface area contributed by atoms with Crippen molar-refractivity contribution in [2.45, 2.75) is 25.8 Å². The molecule has 0 saturated carbocycles. The third kappa shape index (κ3) is 3.07. The van der Waals surface area contributed by atoms with Crippen LogP contribution in [-0.2, 0) is 0 Å². The van der Waals surface area contributed by atoms with Crippen molar-refractivity contribution in [3.05, 3.63) is 66.2 Å². The van der Waals surface area contributed by atoms with Crippen LogP contribution in [-0.4, -0.2) is 43.5 Å². The van der Waals surface area contributed by atoms with Crippen LogP contribution in [0.3, 0.4) is 0 Å². The molecule has 3 aromatic rings. The fourth-order valence-corrected chi connectivity index (χ4v) is 3.42. The predicted octanol–water partition coefficient (Wildman–Crippen LogP) is 2.85. The molecule has 1 aromatic carbocycles. The van der Waals surface area contributed by atoms with Gasteiger partial charge >= 0.3 is 0 Å². The number of hydrogen-bond acceptors (Lipinski definition) is 3. The van der Waals surface area contributed by atoms with E-state index in [9.17, 15) is 4.79 Å². The van der Waals surface area contributed by atoms with E-state index in [1.54, 1.807) is 12.4 Å². The molecular weight excluding hydrogens is 314 g/mol. The molecule has 3 heterocycles. The molecule has 0 aliphatic carbocycles. The zero-order chi connectivity index (χ0) is 17.2. The van der Waals surface area contributed by atoms with Gasteiger partial charge in [-0.3, -0.25) is 9.48 Å². The highest BCUT2D eigenvalue weighted by Crippen LogP contribution is 2.22. The monoisotopic (exact) mass is 335 g/mol. The molecule has 1 fully saturated rings. The highest BCUT2D eigenvalue weighted by molar-refractivity contribution is 5.94. The average molecular weight is 335 g/mol. The normalized spacial score (nSPS) is 17.6. The topological polar surface area (TPSA) is 56.0 Å². The van der Waals surface area contributed by atoms with E-state index in [0.717, 1.165) is 36.3 Å². The van der Waals surface area contributed by atoms with Crippen molar-refractivity contribution in [2.75, 3.05) is 13.1 Å². The molecule has 128 valence electrons. The van der Waals surface area contributed by atoms with Crippen molar-refractivity contribution in [3.63, 3.8) is 0 Å². The number of benzene rings is 1. The number of carbonyl (C=O) groups is 1. The first-order valence-electron chi connectivity index (χ1n) is 8.62. The van der Waals surface area contributed by atoms with Crippen molar-refractivity contribution < 1.29 is 4.79 Å². The maximum Gasteiger partial charge on any atom is 0.253 e. The molecule has 1 amide bonds. The molecule has 1 aliphatic heterocycles. The van der Waals surface area contributed by atoms with Gasteiger partial charge in [-0.05, 0) is 56.2 Å². The molecule has 1 saturated heterocycles. The van der Waals surface area contributed by atoms with Crippen molar-refractivity contribution in [2.24, 2.45) is 0 Å². The van der Waals surface area contributed by atoms with Gasteiger partial charge in [-0.1, -0.05) is 0 Å². The zero-order valence-corrected chi connectivity index (χ0v) is 14.2. The van der Waals surface area contributed by atoms with Crippen LogP contribution in [0.15, 0.2) is 55.0 Å². The van der Waals surface area contributed by atoms with Crippen molar-refractivity contribution in [1.82, 2.24) is 24.5 Å². The second kappa shape index (κ2) is 6.55. The Balaban J connectivity index is 1.50. The summed E-state index contributed by atoms with van der Waals surface area (Å²) < 4.78 is 3.83. The van der Waals surface area contributed by atoms with Crippen molar-refractivity contribution in [1.29, 1.82) is 0 Å². The Morgan fingerprint density at radius 3 is 2.64 bits per heavy atom. The summed E-state index contributed by atoms with van der Waals surface area (Å²) in [5.41, 5.74) is 2.75. The van der Waals surface area contributed by atoms with E-state index in [1.165, 1.54) is 0 Å². The molecule has 0 spiro atoms. The molecule has 0 bridgehead atoms. The summed E-state index contributed by atoms with van der Waals surface area (Å²) >= 11 is 0. The quantitative estimate of drug-likeness (QED) is 0.739. The number of amides is 1. The number of piperidine rings is 1. The van der Waals surface area contributed by atoms with Crippen LogP contribution in [0, 0.1) is 6.92 Å². The van der Waals surface area contributed by atoms with Crippen LogP contribution >= 0.6 is 0 Å². The van der Waals surface area contributed by atoms with Crippen LogP contribution < -0.4 is 0 Å². The van der Waals surface area contributed by atoms with Gasteiger partial charge in [-0.25, -0.2) is 4.68 Å². The maximum absolute atomic E-state index is 12.9. The van der Waals surface area contributed by atoms with Crippen LogP contribution in [0.5, 0.6) is 0 Å². The maximum atomic E-state index is 12.9. The average Bonchev–Trinajstić information content (AvgIpc) is 3.33. The van der Waals surface area contributed by atoms with E-state index >= 15 is 0 Å². The van der Waals surface area contributed by atoms with E-state index < -0.39 is 0 Å². The lowest BCUT2D eigenvalue weighted by Gasteiger charge is -2.33. The van der Waals surface area contributed by atoms with Gasteiger partial charge in [0.05, 0.1) is 11.7 Å². The second-order valence-electron chi connectivity index (χ2n) is 6.46. The molecule has 0 radical (unpaired) electrons. The summed E-state index contributed by atoms with van der Waals surface area (Å²) in [5, 5.41) is 8.62. The Labute approximate surface area is 146 Å². The lowest BCUT2D eigenvalue weighted by molar-refractivity contribution is 0.0673. The minimum atomic E-state index is 0.0839. The number of aryl methyl sites for hydroxylation is 1. The van der Waals surface area contributed by atoms with Crippen LogP contribution in [0.25, 0.3) is 5.69 Å². The lowest BCUT2D eigenvalue weighted by atomic mass is 10.0. The van der Waals surface area contributed by atoms with E-state index in [1.807, 2.05) is 63.8 Å². The molecule has 6 heteroatoms. The molecule has 1 atom stereocenters. The minimum absolute atomic E-state index is 0.0839. The summed E-state index contributed by atoms with van der Waals surface area (Å²) in [6, 6.07) is 11.8. The summed E-state index contributed by atoms with van der Waals surface area (Å²) in [7, 11) is 0. The fourth-order valence-electron chi connectivity index (χ4n) is 3.42. The third-order valence-electron chi connectivity index (χ3n) is 4.77. The standard InChI is InChI=1S/C19H21N5O/c1-15-9-11-21-24(15)17-7-5-16(6-8-17)19(25)22-12-2-4-18(14-22)23-13-3-10-20-23/h3,5-11,13,18H,2,4,12,14H2,1H3. The second-order valence-corrected chi connectivity index (χ2v) is 6.46. The van der Waals surface area contributed by atoms with Gasteiger partial charge < -0.3 is 4.90 Å².